The molecular formula is C32H29NO3S2. The minimum atomic E-state index is -0.437. The number of rotatable bonds is 7. The van der Waals surface area contributed by atoms with E-state index in [1.165, 1.54) is 33.8 Å². The Bertz CT molecular complexity index is 1640. The number of benzene rings is 3. The molecule has 0 aliphatic heterocycles. The van der Waals surface area contributed by atoms with E-state index in [0.717, 1.165) is 37.9 Å². The van der Waals surface area contributed by atoms with Crippen molar-refractivity contribution in [3.63, 3.8) is 0 Å². The van der Waals surface area contributed by atoms with E-state index >= 15 is 0 Å². The molecule has 5 aromatic rings. The molecule has 38 heavy (non-hydrogen) atoms. The highest BCUT2D eigenvalue weighted by atomic mass is 32.1. The predicted octanol–water partition coefficient (Wildman–Crippen LogP) is 8.57. The van der Waals surface area contributed by atoms with E-state index in [2.05, 4.69) is 62.5 Å². The zero-order valence-electron chi connectivity index (χ0n) is 21.9. The smallest absolute Gasteiger partial charge is 0.341 e. The number of carbonyl (C=O) groups is 2. The van der Waals surface area contributed by atoms with Gasteiger partial charge in [-0.2, -0.15) is 0 Å². The highest BCUT2D eigenvalue weighted by molar-refractivity contribution is 7.21. The Hall–Kier alpha value is -3.74. The highest BCUT2D eigenvalue weighted by Gasteiger charge is 2.25. The largest absolute Gasteiger partial charge is 0.462 e. The minimum absolute atomic E-state index is 0.215. The van der Waals surface area contributed by atoms with Gasteiger partial charge in [0.2, 0.25) is 0 Å². The lowest BCUT2D eigenvalue weighted by Crippen LogP contribution is -2.15. The van der Waals surface area contributed by atoms with Crippen molar-refractivity contribution in [3.05, 3.63) is 110 Å². The highest BCUT2D eigenvalue weighted by Crippen LogP contribution is 2.39. The maximum Gasteiger partial charge on any atom is 0.341 e. The van der Waals surface area contributed by atoms with Crippen LogP contribution in [-0.2, 0) is 11.2 Å². The number of fused-ring (bicyclic) bond motifs is 1. The molecule has 0 saturated carbocycles. The topological polar surface area (TPSA) is 55.4 Å². The fraction of sp³-hybridized carbons (Fsp3) is 0.188. The van der Waals surface area contributed by atoms with Gasteiger partial charge in [-0.05, 0) is 73.4 Å². The number of amides is 1. The van der Waals surface area contributed by atoms with Gasteiger partial charge in [0, 0.05) is 15.6 Å². The number of esters is 1. The Morgan fingerprint density at radius 3 is 2.42 bits per heavy atom. The fourth-order valence-corrected chi connectivity index (χ4v) is 6.57. The van der Waals surface area contributed by atoms with E-state index in [9.17, 15) is 9.59 Å². The van der Waals surface area contributed by atoms with E-state index in [1.807, 2.05) is 35.7 Å². The van der Waals surface area contributed by atoms with Crippen LogP contribution in [0.4, 0.5) is 5.00 Å². The van der Waals surface area contributed by atoms with Crippen LogP contribution in [0.5, 0.6) is 0 Å². The molecule has 0 atom stereocenters. The standard InChI is InChI=1S/C32H29NO3S2/c1-5-36-32(35)28-26(23-15-12-20(3)21(4)16-23)18-37-31(28)33-30(34)29-25(17-22-13-10-19(2)11-14-22)24-8-6-7-9-27(24)38-29/h6-16,18H,5,17H2,1-4H3,(H,33,34). The molecule has 0 unspecified atom stereocenters. The average Bonchev–Trinajstić information content (AvgIpc) is 3.49. The maximum absolute atomic E-state index is 13.8. The number of aryl methyl sites for hydroxylation is 3. The molecule has 0 saturated heterocycles. The second-order valence-electron chi connectivity index (χ2n) is 9.40. The van der Waals surface area contributed by atoms with Gasteiger partial charge in [0.15, 0.2) is 0 Å². The molecule has 0 aliphatic rings. The maximum atomic E-state index is 13.8. The molecule has 2 heterocycles. The van der Waals surface area contributed by atoms with Crippen LogP contribution in [0.2, 0.25) is 0 Å². The number of thiophene rings is 2. The quantitative estimate of drug-likeness (QED) is 0.211. The van der Waals surface area contributed by atoms with Crippen molar-refractivity contribution in [3.8, 4) is 11.1 Å². The summed E-state index contributed by atoms with van der Waals surface area (Å²) in [4.78, 5) is 27.5. The first-order chi connectivity index (χ1) is 18.4. The first kappa shape index (κ1) is 25.9. The summed E-state index contributed by atoms with van der Waals surface area (Å²) < 4.78 is 6.47. The van der Waals surface area contributed by atoms with Crippen molar-refractivity contribution in [2.75, 3.05) is 11.9 Å². The van der Waals surface area contributed by atoms with E-state index < -0.39 is 5.97 Å². The van der Waals surface area contributed by atoms with E-state index in [1.54, 1.807) is 6.92 Å². The molecule has 0 aliphatic carbocycles. The van der Waals surface area contributed by atoms with Crippen molar-refractivity contribution < 1.29 is 14.3 Å². The zero-order valence-corrected chi connectivity index (χ0v) is 23.5. The lowest BCUT2D eigenvalue weighted by atomic mass is 9.99. The molecule has 1 N–H and O–H groups in total. The number of carbonyl (C=O) groups excluding carboxylic acids is 2. The summed E-state index contributed by atoms with van der Waals surface area (Å²) in [6.45, 7) is 8.22. The van der Waals surface area contributed by atoms with Crippen LogP contribution in [0, 0.1) is 20.8 Å². The van der Waals surface area contributed by atoms with Crippen LogP contribution in [0.15, 0.2) is 72.1 Å². The SMILES string of the molecule is CCOC(=O)c1c(-c2ccc(C)c(C)c2)csc1NC(=O)c1sc2ccccc2c1Cc1ccc(C)cc1. The molecule has 0 fully saturated rings. The third-order valence-electron chi connectivity index (χ3n) is 6.72. The number of ether oxygens (including phenoxy) is 1. The van der Waals surface area contributed by atoms with Crippen molar-refractivity contribution in [2.45, 2.75) is 34.1 Å². The van der Waals surface area contributed by atoms with Gasteiger partial charge < -0.3 is 10.1 Å². The summed E-state index contributed by atoms with van der Waals surface area (Å²) in [5.74, 6) is -0.652. The lowest BCUT2D eigenvalue weighted by Gasteiger charge is -2.10. The number of hydrogen-bond donors (Lipinski definition) is 1. The fourth-order valence-electron chi connectivity index (χ4n) is 4.50. The predicted molar refractivity (Wildman–Crippen MR) is 159 cm³/mol. The van der Waals surface area contributed by atoms with Crippen molar-refractivity contribution in [2.24, 2.45) is 0 Å². The van der Waals surface area contributed by atoms with Crippen LogP contribution >= 0.6 is 22.7 Å². The van der Waals surface area contributed by atoms with E-state index in [-0.39, 0.29) is 12.5 Å². The second-order valence-corrected chi connectivity index (χ2v) is 11.3. The van der Waals surface area contributed by atoms with Crippen LogP contribution < -0.4 is 5.32 Å². The van der Waals surface area contributed by atoms with Crippen molar-refractivity contribution in [1.82, 2.24) is 0 Å². The Labute approximate surface area is 230 Å². The summed E-state index contributed by atoms with van der Waals surface area (Å²) in [7, 11) is 0. The molecule has 6 heteroatoms. The third kappa shape index (κ3) is 5.15. The molecule has 3 aromatic carbocycles. The molecule has 0 spiro atoms. The van der Waals surface area contributed by atoms with Gasteiger partial charge in [-0.3, -0.25) is 4.79 Å². The van der Waals surface area contributed by atoms with Gasteiger partial charge in [-0.15, -0.1) is 22.7 Å². The Morgan fingerprint density at radius 2 is 1.68 bits per heavy atom. The van der Waals surface area contributed by atoms with Crippen LogP contribution in [-0.4, -0.2) is 18.5 Å². The number of nitrogens with one attached hydrogen (secondary N) is 1. The van der Waals surface area contributed by atoms with Crippen molar-refractivity contribution in [1.29, 1.82) is 0 Å². The lowest BCUT2D eigenvalue weighted by molar-refractivity contribution is 0.0529. The monoisotopic (exact) mass is 539 g/mol. The molecule has 0 bridgehead atoms. The number of anilines is 1. The van der Waals surface area contributed by atoms with Gasteiger partial charge in [0.05, 0.1) is 11.5 Å². The average molecular weight is 540 g/mol. The Morgan fingerprint density at radius 1 is 0.921 bits per heavy atom. The first-order valence-electron chi connectivity index (χ1n) is 12.6. The molecule has 5 rings (SSSR count). The third-order valence-corrected chi connectivity index (χ3v) is 8.83. The van der Waals surface area contributed by atoms with Crippen LogP contribution in [0.1, 0.15) is 54.8 Å². The summed E-state index contributed by atoms with van der Waals surface area (Å²) in [6, 6.07) is 22.6. The van der Waals surface area contributed by atoms with Gasteiger partial charge in [-0.25, -0.2) is 4.79 Å². The van der Waals surface area contributed by atoms with Gasteiger partial charge in [0.1, 0.15) is 10.6 Å². The zero-order chi connectivity index (χ0) is 26.8. The Balaban J connectivity index is 1.54. The molecule has 1 amide bonds. The Kier molecular flexibility index (Phi) is 7.45. The second kappa shape index (κ2) is 10.9. The molecule has 0 radical (unpaired) electrons. The molecular weight excluding hydrogens is 510 g/mol. The molecule has 4 nitrogen and oxygen atoms in total. The van der Waals surface area contributed by atoms with Gasteiger partial charge >= 0.3 is 5.97 Å². The normalized spacial score (nSPS) is 11.1. The van der Waals surface area contributed by atoms with Gasteiger partial charge in [-0.1, -0.05) is 66.2 Å². The molecule has 2 aromatic heterocycles. The number of hydrogen-bond acceptors (Lipinski definition) is 5. The summed E-state index contributed by atoms with van der Waals surface area (Å²) in [5, 5.41) is 6.57. The molecule has 192 valence electrons. The van der Waals surface area contributed by atoms with E-state index in [0.29, 0.717) is 21.9 Å². The van der Waals surface area contributed by atoms with Crippen LogP contribution in [0.3, 0.4) is 0 Å². The summed E-state index contributed by atoms with van der Waals surface area (Å²) in [6.07, 6.45) is 0.649. The van der Waals surface area contributed by atoms with E-state index in [4.69, 9.17) is 4.74 Å². The summed E-state index contributed by atoms with van der Waals surface area (Å²) in [5.41, 5.74) is 7.75. The minimum Gasteiger partial charge on any atom is -0.462 e. The summed E-state index contributed by atoms with van der Waals surface area (Å²) >= 11 is 2.83. The van der Waals surface area contributed by atoms with Gasteiger partial charge in [0.25, 0.3) is 5.91 Å². The van der Waals surface area contributed by atoms with Crippen LogP contribution in [0.25, 0.3) is 21.2 Å². The first-order valence-corrected chi connectivity index (χ1v) is 14.3. The van der Waals surface area contributed by atoms with Crippen molar-refractivity contribution >= 4 is 49.6 Å².